The summed E-state index contributed by atoms with van der Waals surface area (Å²) >= 11 is 0. The molecule has 190 valence electrons. The fraction of sp³-hybridized carbons (Fsp3) is 0.333. The Morgan fingerprint density at radius 3 is 2.58 bits per heavy atom. The lowest BCUT2D eigenvalue weighted by atomic mass is 9.89. The van der Waals surface area contributed by atoms with Crippen molar-refractivity contribution in [2.24, 2.45) is 5.92 Å². The van der Waals surface area contributed by atoms with E-state index in [1.165, 1.54) is 29.3 Å². The van der Waals surface area contributed by atoms with Gasteiger partial charge in [0, 0.05) is 17.8 Å². The number of hydrogen-bond donors (Lipinski definition) is 1. The van der Waals surface area contributed by atoms with Crippen LogP contribution in [0.25, 0.3) is 0 Å². The van der Waals surface area contributed by atoms with Crippen molar-refractivity contribution in [1.82, 2.24) is 4.98 Å². The molecule has 0 spiro atoms. The van der Waals surface area contributed by atoms with Crippen LogP contribution in [0.15, 0.2) is 48.7 Å². The van der Waals surface area contributed by atoms with Crippen molar-refractivity contribution in [1.29, 1.82) is 0 Å². The van der Waals surface area contributed by atoms with Crippen molar-refractivity contribution in [3.05, 3.63) is 93.4 Å². The molecule has 0 saturated carbocycles. The summed E-state index contributed by atoms with van der Waals surface area (Å²) in [6.45, 7) is 2.07. The molecular weight excluding hydrogens is 478 g/mol. The molecule has 1 N–H and O–H groups in total. The summed E-state index contributed by atoms with van der Waals surface area (Å²) in [5, 5.41) is 6.89. The third kappa shape index (κ3) is 5.51. The van der Waals surface area contributed by atoms with Crippen molar-refractivity contribution in [3.8, 4) is 5.88 Å². The highest BCUT2D eigenvalue weighted by atomic mass is 19.4. The van der Waals surface area contributed by atoms with Gasteiger partial charge in [0.2, 0.25) is 5.88 Å². The average Bonchev–Trinajstić information content (AvgIpc) is 3.21. The molecule has 1 aromatic heterocycles. The normalized spacial score (nSPS) is 18.5. The zero-order valence-electron chi connectivity index (χ0n) is 19.5. The zero-order valence-corrected chi connectivity index (χ0v) is 19.5. The van der Waals surface area contributed by atoms with E-state index in [9.17, 15) is 17.6 Å². The first kappa shape index (κ1) is 25.6. The molecule has 2 aliphatic rings. The monoisotopic (exact) mass is 503 g/mol. The van der Waals surface area contributed by atoms with Crippen LogP contribution in [-0.4, -0.2) is 23.2 Å². The summed E-state index contributed by atoms with van der Waals surface area (Å²) in [6.07, 6.45) is -1.26. The molecule has 0 amide bonds. The third-order valence-corrected chi connectivity index (χ3v) is 6.37. The van der Waals surface area contributed by atoms with Gasteiger partial charge < -0.3 is 14.6 Å². The van der Waals surface area contributed by atoms with Gasteiger partial charge in [-0.05, 0) is 71.2 Å². The minimum atomic E-state index is -4.51. The molecule has 2 unspecified atom stereocenters. The maximum atomic E-state index is 14.8. The van der Waals surface area contributed by atoms with Crippen LogP contribution in [0.4, 0.5) is 17.6 Å². The first-order valence-electron chi connectivity index (χ1n) is 11.5. The quantitative estimate of drug-likeness (QED) is 0.354. The van der Waals surface area contributed by atoms with Gasteiger partial charge in [-0.15, -0.1) is 0 Å². The van der Waals surface area contributed by atoms with Gasteiger partial charge in [-0.2, -0.15) is 13.2 Å². The van der Waals surface area contributed by atoms with Gasteiger partial charge in [0.15, 0.2) is 0 Å². The van der Waals surface area contributed by atoms with Crippen LogP contribution in [0.5, 0.6) is 5.88 Å². The lowest BCUT2D eigenvalue weighted by molar-refractivity contribution is -0.139. The van der Waals surface area contributed by atoms with Gasteiger partial charge in [0.1, 0.15) is 18.5 Å². The lowest BCUT2D eigenvalue weighted by Crippen LogP contribution is -2.21. The highest BCUT2D eigenvalue weighted by Crippen LogP contribution is 2.41. The molecule has 0 radical (unpaired) electrons. The van der Waals surface area contributed by atoms with E-state index in [1.54, 1.807) is 18.3 Å². The minimum Gasteiger partial charge on any atom is -0.483 e. The number of fused-ring (bicyclic) bond motifs is 2. The number of nitrogens with zero attached hydrogens (tertiary/aromatic N) is 1. The zero-order chi connectivity index (χ0) is 25.9. The van der Waals surface area contributed by atoms with Crippen molar-refractivity contribution in [2.45, 2.75) is 45.1 Å². The number of carboxylic acid groups (broad SMARTS) is 1. The van der Waals surface area contributed by atoms with Crippen molar-refractivity contribution >= 4 is 6.47 Å². The Morgan fingerprint density at radius 1 is 1.11 bits per heavy atom. The molecule has 1 aliphatic carbocycles. The Balaban J connectivity index is 0.000000967. The van der Waals surface area contributed by atoms with Crippen molar-refractivity contribution < 1.29 is 36.9 Å². The van der Waals surface area contributed by atoms with E-state index < -0.39 is 23.7 Å². The van der Waals surface area contributed by atoms with Crippen LogP contribution in [0, 0.1) is 11.7 Å². The maximum absolute atomic E-state index is 14.8. The molecule has 0 fully saturated rings. The summed E-state index contributed by atoms with van der Waals surface area (Å²) in [4.78, 5) is 12.7. The second kappa shape index (κ2) is 10.7. The summed E-state index contributed by atoms with van der Waals surface area (Å²) in [5.74, 6) is 0.523. The molecule has 3 aromatic rings. The van der Waals surface area contributed by atoms with Crippen LogP contribution in [0.3, 0.4) is 0 Å². The molecule has 0 bridgehead atoms. The van der Waals surface area contributed by atoms with E-state index in [4.69, 9.17) is 19.4 Å². The number of rotatable bonds is 4. The first-order valence-corrected chi connectivity index (χ1v) is 11.5. The van der Waals surface area contributed by atoms with E-state index in [-0.39, 0.29) is 30.8 Å². The van der Waals surface area contributed by atoms with Gasteiger partial charge in [-0.3, -0.25) is 4.79 Å². The highest BCUT2D eigenvalue weighted by molar-refractivity contribution is 5.44. The largest absolute Gasteiger partial charge is 0.483 e. The molecule has 36 heavy (non-hydrogen) atoms. The summed E-state index contributed by atoms with van der Waals surface area (Å²) in [6, 6.07) is 10.2. The summed E-state index contributed by atoms with van der Waals surface area (Å²) < 4.78 is 67.2. The van der Waals surface area contributed by atoms with Gasteiger partial charge in [-0.1, -0.05) is 25.1 Å². The lowest BCUT2D eigenvalue weighted by Gasteiger charge is -2.29. The van der Waals surface area contributed by atoms with E-state index in [0.29, 0.717) is 29.3 Å². The van der Waals surface area contributed by atoms with E-state index in [2.05, 4.69) is 11.9 Å². The highest BCUT2D eigenvalue weighted by Gasteiger charge is 2.37. The van der Waals surface area contributed by atoms with Gasteiger partial charge in [0.05, 0.1) is 12.2 Å². The summed E-state index contributed by atoms with van der Waals surface area (Å²) in [5.41, 5.74) is 3.11. The van der Waals surface area contributed by atoms with Crippen molar-refractivity contribution in [2.75, 3.05) is 6.61 Å². The number of aromatic nitrogens is 1. The number of halogens is 4. The Labute approximate surface area is 205 Å². The topological polar surface area (TPSA) is 68.7 Å². The van der Waals surface area contributed by atoms with E-state index in [1.807, 2.05) is 6.07 Å². The van der Waals surface area contributed by atoms with Crippen LogP contribution in [0.1, 0.15) is 52.0 Å². The minimum absolute atomic E-state index is 0.0267. The smallest absolute Gasteiger partial charge is 0.416 e. The summed E-state index contributed by atoms with van der Waals surface area (Å²) in [7, 11) is 0. The Kier molecular flexibility index (Phi) is 7.59. The Morgan fingerprint density at radius 2 is 1.83 bits per heavy atom. The molecule has 2 aromatic carbocycles. The van der Waals surface area contributed by atoms with E-state index >= 15 is 0 Å². The van der Waals surface area contributed by atoms with Gasteiger partial charge >= 0.3 is 6.18 Å². The van der Waals surface area contributed by atoms with Crippen molar-refractivity contribution in [3.63, 3.8) is 0 Å². The number of pyridine rings is 1. The van der Waals surface area contributed by atoms with E-state index in [0.717, 1.165) is 18.9 Å². The van der Waals surface area contributed by atoms with Crippen LogP contribution in [0.2, 0.25) is 0 Å². The second-order valence-corrected chi connectivity index (χ2v) is 8.93. The molecule has 9 heteroatoms. The molecule has 2 heterocycles. The van der Waals surface area contributed by atoms with Crippen LogP contribution in [-0.2, 0) is 41.6 Å². The average molecular weight is 503 g/mol. The molecule has 1 aliphatic heterocycles. The predicted molar refractivity (Wildman–Crippen MR) is 123 cm³/mol. The SMILES string of the molecule is CC1Cc2cnc(OCc3cc4c(cc3F)CCOC4c3ccccc3C(F)(F)F)cc2C1.O=CO. The Hall–Kier alpha value is -3.46. The third-order valence-electron chi connectivity index (χ3n) is 6.37. The molecule has 2 atom stereocenters. The first-order chi connectivity index (χ1) is 17.2. The number of alkyl halides is 3. The molecular formula is C27H25F4NO4. The van der Waals surface area contributed by atoms with Gasteiger partial charge in [0.25, 0.3) is 6.47 Å². The number of ether oxygens (including phenoxy) is 2. The fourth-order valence-electron chi connectivity index (χ4n) is 4.80. The number of carbonyl (C=O) groups is 1. The maximum Gasteiger partial charge on any atom is 0.416 e. The van der Waals surface area contributed by atoms with Crippen LogP contribution < -0.4 is 4.74 Å². The predicted octanol–water partition coefficient (Wildman–Crippen LogP) is 5.92. The molecule has 0 saturated heterocycles. The van der Waals surface area contributed by atoms with Gasteiger partial charge in [-0.25, -0.2) is 9.37 Å². The van der Waals surface area contributed by atoms with Crippen LogP contribution >= 0.6 is 0 Å². The standard InChI is InChI=1S/C26H23F4NO2.CH2O2/c1-15-8-17-12-24(31-13-18(17)9-15)33-14-19-10-21-16(11-23(19)27)6-7-32-25(21)20-4-2-3-5-22(20)26(28,29)30;2-1-3/h2-5,10-13,15,25H,6-9,14H2,1H3;1H,(H,2,3). The number of hydrogen-bond acceptors (Lipinski definition) is 4. The second-order valence-electron chi connectivity index (χ2n) is 8.93. The number of benzene rings is 2. The Bertz CT molecular complexity index is 1240. The molecule has 5 nitrogen and oxygen atoms in total. The molecule has 5 rings (SSSR count). The fourth-order valence-corrected chi connectivity index (χ4v) is 4.80.